The maximum atomic E-state index is 11.4. The van der Waals surface area contributed by atoms with Crippen LogP contribution in [0.3, 0.4) is 0 Å². The molecule has 22 heavy (non-hydrogen) atoms. The van der Waals surface area contributed by atoms with Crippen LogP contribution in [-0.2, 0) is 9.84 Å². The molecule has 8 heteroatoms. The summed E-state index contributed by atoms with van der Waals surface area (Å²) in [6, 6.07) is 0. The fraction of sp³-hybridized carbons (Fsp3) is 0.786. The molecular weight excluding hydrogens is 415 g/mol. The van der Waals surface area contributed by atoms with Crippen molar-refractivity contribution in [2.75, 3.05) is 58.3 Å². The van der Waals surface area contributed by atoms with Gasteiger partial charge in [0.2, 0.25) is 0 Å². The van der Waals surface area contributed by atoms with Gasteiger partial charge in [-0.05, 0) is 12.8 Å². The van der Waals surface area contributed by atoms with E-state index in [-0.39, 0.29) is 35.5 Å². The van der Waals surface area contributed by atoms with Crippen molar-refractivity contribution in [3.05, 3.63) is 12.7 Å². The molecular formula is C14H29IN4O2S. The Hall–Kier alpha value is -0.350. The van der Waals surface area contributed by atoms with Crippen molar-refractivity contribution in [3.63, 3.8) is 0 Å². The normalized spacial score (nSPS) is 18.4. The molecule has 1 aliphatic rings. The summed E-state index contributed by atoms with van der Waals surface area (Å²) in [4.78, 5) is 8.54. The van der Waals surface area contributed by atoms with E-state index < -0.39 is 9.84 Å². The maximum absolute atomic E-state index is 11.4. The lowest BCUT2D eigenvalue weighted by Crippen LogP contribution is -2.46. The van der Waals surface area contributed by atoms with Gasteiger partial charge in [0.1, 0.15) is 0 Å². The molecule has 1 heterocycles. The average molecular weight is 444 g/mol. The summed E-state index contributed by atoms with van der Waals surface area (Å²) < 4.78 is 22.7. The minimum Gasteiger partial charge on any atom is -0.355 e. The Labute approximate surface area is 152 Å². The fourth-order valence-electron chi connectivity index (χ4n) is 2.26. The van der Waals surface area contributed by atoms with Gasteiger partial charge in [-0.25, -0.2) is 8.42 Å². The van der Waals surface area contributed by atoms with Crippen LogP contribution in [0.4, 0.5) is 0 Å². The van der Waals surface area contributed by atoms with Crippen LogP contribution < -0.4 is 5.32 Å². The number of rotatable bonds is 7. The van der Waals surface area contributed by atoms with Crippen LogP contribution in [0.25, 0.3) is 0 Å². The number of hydrogen-bond donors (Lipinski definition) is 1. The zero-order valence-corrected chi connectivity index (χ0v) is 16.8. The summed E-state index contributed by atoms with van der Waals surface area (Å²) in [7, 11) is 1.01. The van der Waals surface area contributed by atoms with Gasteiger partial charge < -0.3 is 10.2 Å². The highest BCUT2D eigenvalue weighted by Gasteiger charge is 2.21. The zero-order valence-electron chi connectivity index (χ0n) is 13.6. The Morgan fingerprint density at radius 2 is 2.05 bits per heavy atom. The summed E-state index contributed by atoms with van der Waals surface area (Å²) in [5.74, 6) is 1.44. The Morgan fingerprint density at radius 3 is 2.59 bits per heavy atom. The van der Waals surface area contributed by atoms with Crippen molar-refractivity contribution in [1.29, 1.82) is 0 Å². The summed E-state index contributed by atoms with van der Waals surface area (Å²) in [6.07, 6.45) is 3.99. The molecule has 0 amide bonds. The first kappa shape index (κ1) is 21.6. The molecule has 1 fully saturated rings. The Kier molecular flexibility index (Phi) is 11.0. The second-order valence-corrected chi connectivity index (χ2v) is 7.62. The van der Waals surface area contributed by atoms with E-state index in [9.17, 15) is 8.42 Å². The number of unbranched alkanes of at least 4 members (excludes halogenated alkanes) is 1. The molecule has 0 aromatic heterocycles. The van der Waals surface area contributed by atoms with E-state index in [4.69, 9.17) is 0 Å². The lowest BCUT2D eigenvalue weighted by molar-refractivity contribution is 0.298. The first-order chi connectivity index (χ1) is 9.98. The monoisotopic (exact) mass is 444 g/mol. The number of halogens is 1. The highest BCUT2D eigenvalue weighted by molar-refractivity contribution is 14.0. The van der Waals surface area contributed by atoms with Gasteiger partial charge in [0.25, 0.3) is 0 Å². The number of hydrogen-bond acceptors (Lipinski definition) is 4. The quantitative estimate of drug-likeness (QED) is 0.207. The van der Waals surface area contributed by atoms with E-state index in [2.05, 4.69) is 26.7 Å². The van der Waals surface area contributed by atoms with Crippen molar-refractivity contribution in [1.82, 2.24) is 15.1 Å². The van der Waals surface area contributed by atoms with Crippen LogP contribution in [0.15, 0.2) is 17.6 Å². The van der Waals surface area contributed by atoms with Gasteiger partial charge in [-0.2, -0.15) is 0 Å². The second kappa shape index (κ2) is 11.2. The van der Waals surface area contributed by atoms with Gasteiger partial charge in [0.15, 0.2) is 15.8 Å². The summed E-state index contributed by atoms with van der Waals surface area (Å²) in [5, 5.41) is 3.32. The molecule has 0 aliphatic carbocycles. The highest BCUT2D eigenvalue weighted by Crippen LogP contribution is 2.02. The predicted molar refractivity (Wildman–Crippen MR) is 104 cm³/mol. The van der Waals surface area contributed by atoms with Crippen LogP contribution in [0.1, 0.15) is 12.8 Å². The van der Waals surface area contributed by atoms with Crippen LogP contribution >= 0.6 is 24.0 Å². The van der Waals surface area contributed by atoms with E-state index in [1.165, 1.54) is 0 Å². The molecule has 0 aromatic carbocycles. The van der Waals surface area contributed by atoms with E-state index in [0.717, 1.165) is 38.4 Å². The molecule has 130 valence electrons. The van der Waals surface area contributed by atoms with E-state index >= 15 is 0 Å². The molecule has 1 rings (SSSR count). The van der Waals surface area contributed by atoms with Crippen LogP contribution in [0.2, 0.25) is 0 Å². The van der Waals surface area contributed by atoms with Crippen molar-refractivity contribution in [3.8, 4) is 0 Å². The molecule has 1 aliphatic heterocycles. The topological polar surface area (TPSA) is 65.0 Å². The molecule has 0 unspecified atom stereocenters. The van der Waals surface area contributed by atoms with E-state index in [0.29, 0.717) is 13.1 Å². The maximum Gasteiger partial charge on any atom is 0.193 e. The fourth-order valence-corrected chi connectivity index (χ4v) is 3.54. The zero-order chi connectivity index (χ0) is 15.7. The van der Waals surface area contributed by atoms with Gasteiger partial charge in [-0.3, -0.25) is 9.89 Å². The molecule has 0 radical (unpaired) electrons. The molecule has 6 nitrogen and oxygen atoms in total. The van der Waals surface area contributed by atoms with Crippen molar-refractivity contribution in [2.45, 2.75) is 12.8 Å². The van der Waals surface area contributed by atoms with Gasteiger partial charge in [0, 0.05) is 46.8 Å². The SMILES string of the molecule is C=CCCCN(C)C(=NC)NCCN1CCS(=O)(=O)CC1.I. The standard InChI is InChI=1S/C14H28N4O2S.HI/c1-4-5-6-8-17(3)14(15-2)16-7-9-18-10-12-21(19,20)13-11-18;/h4H,1,5-13H2,2-3H3,(H,15,16);1H. The molecule has 0 spiro atoms. The van der Waals surface area contributed by atoms with Gasteiger partial charge >= 0.3 is 0 Å². The molecule has 1 saturated heterocycles. The molecule has 0 bridgehead atoms. The minimum absolute atomic E-state index is 0. The number of aliphatic imine (C=N–C) groups is 1. The summed E-state index contributed by atoms with van der Waals surface area (Å²) in [5.41, 5.74) is 0. The van der Waals surface area contributed by atoms with Gasteiger partial charge in [0.05, 0.1) is 11.5 Å². The first-order valence-corrected chi connectivity index (χ1v) is 9.26. The van der Waals surface area contributed by atoms with Crippen LogP contribution in [-0.4, -0.2) is 82.5 Å². The average Bonchev–Trinajstić information content (AvgIpc) is 2.45. The van der Waals surface area contributed by atoms with Crippen molar-refractivity contribution >= 4 is 39.8 Å². The molecule has 0 atom stereocenters. The Morgan fingerprint density at radius 1 is 1.41 bits per heavy atom. The van der Waals surface area contributed by atoms with E-state index in [1.807, 2.05) is 13.1 Å². The Balaban J connectivity index is 0.00000441. The number of nitrogens with zero attached hydrogens (tertiary/aromatic N) is 3. The third kappa shape index (κ3) is 8.33. The van der Waals surface area contributed by atoms with Crippen LogP contribution in [0.5, 0.6) is 0 Å². The highest BCUT2D eigenvalue weighted by atomic mass is 127. The molecule has 1 N–H and O–H groups in total. The lowest BCUT2D eigenvalue weighted by Gasteiger charge is -2.27. The number of nitrogens with one attached hydrogen (secondary N) is 1. The smallest absolute Gasteiger partial charge is 0.193 e. The second-order valence-electron chi connectivity index (χ2n) is 5.32. The number of sulfone groups is 1. The predicted octanol–water partition coefficient (Wildman–Crippen LogP) is 0.808. The van der Waals surface area contributed by atoms with E-state index in [1.54, 1.807) is 7.05 Å². The third-order valence-corrected chi connectivity index (χ3v) is 5.23. The van der Waals surface area contributed by atoms with Crippen molar-refractivity contribution < 1.29 is 8.42 Å². The first-order valence-electron chi connectivity index (χ1n) is 7.44. The summed E-state index contributed by atoms with van der Waals surface area (Å²) in [6.45, 7) is 7.55. The lowest BCUT2D eigenvalue weighted by atomic mass is 10.3. The van der Waals surface area contributed by atoms with Crippen LogP contribution in [0, 0.1) is 0 Å². The largest absolute Gasteiger partial charge is 0.355 e. The minimum atomic E-state index is -2.79. The number of allylic oxidation sites excluding steroid dienone is 1. The molecule has 0 aromatic rings. The summed E-state index contributed by atoms with van der Waals surface area (Å²) >= 11 is 0. The third-order valence-electron chi connectivity index (χ3n) is 3.62. The number of guanidine groups is 1. The van der Waals surface area contributed by atoms with Crippen molar-refractivity contribution in [2.24, 2.45) is 4.99 Å². The molecule has 0 saturated carbocycles. The van der Waals surface area contributed by atoms with Gasteiger partial charge in [-0.15, -0.1) is 30.6 Å². The van der Waals surface area contributed by atoms with Gasteiger partial charge in [-0.1, -0.05) is 6.08 Å². The Bertz CT molecular complexity index is 440.